The van der Waals surface area contributed by atoms with E-state index in [1.54, 1.807) is 0 Å². The van der Waals surface area contributed by atoms with Gasteiger partial charge in [-0.2, -0.15) is 13.2 Å². The van der Waals surface area contributed by atoms with Gasteiger partial charge in [0.15, 0.2) is 0 Å². The van der Waals surface area contributed by atoms with E-state index < -0.39 is 18.6 Å². The van der Waals surface area contributed by atoms with Crippen molar-refractivity contribution in [3.05, 3.63) is 28.7 Å². The summed E-state index contributed by atoms with van der Waals surface area (Å²) in [5.74, 6) is 0. The molecule has 1 aromatic carbocycles. The first-order valence-corrected chi connectivity index (χ1v) is 6.34. The molecule has 1 aromatic rings. The quantitative estimate of drug-likeness (QED) is 0.784. The third-order valence-electron chi connectivity index (χ3n) is 3.00. The molecule has 17 heavy (non-hydrogen) atoms. The van der Waals surface area contributed by atoms with Crippen LogP contribution in [-0.2, 0) is 0 Å². The summed E-state index contributed by atoms with van der Waals surface area (Å²) in [5, 5.41) is 0. The number of halogens is 4. The van der Waals surface area contributed by atoms with Crippen LogP contribution < -0.4 is 4.90 Å². The molecule has 0 aromatic heterocycles. The van der Waals surface area contributed by atoms with E-state index in [1.165, 1.54) is 0 Å². The maximum atomic E-state index is 12.4. The molecule has 2 rings (SSSR count). The lowest BCUT2D eigenvalue weighted by atomic mass is 10.1. The van der Waals surface area contributed by atoms with Gasteiger partial charge in [0.05, 0.1) is 6.42 Å². The van der Waals surface area contributed by atoms with Crippen LogP contribution in [0.4, 0.5) is 18.9 Å². The van der Waals surface area contributed by atoms with E-state index in [-0.39, 0.29) is 0 Å². The molecule has 94 valence electrons. The minimum absolute atomic E-state index is 0.406. The second kappa shape index (κ2) is 4.88. The smallest absolute Gasteiger partial charge is 0.368 e. The fourth-order valence-electron chi connectivity index (χ4n) is 2.29. The summed E-state index contributed by atoms with van der Waals surface area (Å²) < 4.78 is 38.2. The maximum Gasteiger partial charge on any atom is 0.391 e. The van der Waals surface area contributed by atoms with Crippen LogP contribution in [0.3, 0.4) is 0 Å². The van der Waals surface area contributed by atoms with Gasteiger partial charge in [0.1, 0.15) is 0 Å². The average molecular weight is 308 g/mol. The summed E-state index contributed by atoms with van der Waals surface area (Å²) in [6, 6.07) is 7.03. The van der Waals surface area contributed by atoms with Crippen LogP contribution in [0.1, 0.15) is 19.3 Å². The minimum atomic E-state index is -4.08. The Hall–Kier alpha value is -0.710. The molecular formula is C12H13BrF3N. The largest absolute Gasteiger partial charge is 0.391 e. The van der Waals surface area contributed by atoms with Gasteiger partial charge < -0.3 is 4.90 Å². The van der Waals surface area contributed by atoms with E-state index in [4.69, 9.17) is 0 Å². The molecule has 0 bridgehead atoms. The number of benzene rings is 1. The van der Waals surface area contributed by atoms with Gasteiger partial charge in [0.25, 0.3) is 0 Å². The Morgan fingerprint density at radius 3 is 2.47 bits per heavy atom. The Balaban J connectivity index is 2.11. The van der Waals surface area contributed by atoms with Crippen molar-refractivity contribution in [1.82, 2.24) is 0 Å². The van der Waals surface area contributed by atoms with Crippen LogP contribution in [0, 0.1) is 0 Å². The third-order valence-corrected chi connectivity index (χ3v) is 3.53. The second-order valence-corrected chi connectivity index (χ2v) is 5.20. The van der Waals surface area contributed by atoms with Gasteiger partial charge in [-0.15, -0.1) is 0 Å². The highest BCUT2D eigenvalue weighted by Gasteiger charge is 2.36. The van der Waals surface area contributed by atoms with E-state index in [1.807, 2.05) is 29.2 Å². The molecule has 5 heteroatoms. The summed E-state index contributed by atoms with van der Waals surface area (Å²) in [7, 11) is 0. The zero-order chi connectivity index (χ0) is 12.5. The molecule has 1 saturated heterocycles. The Kier molecular flexibility index (Phi) is 3.66. The van der Waals surface area contributed by atoms with E-state index in [0.29, 0.717) is 13.0 Å². The standard InChI is InChI=1S/C12H13BrF3N/c13-9-3-5-10(6-4-9)17-7-1-2-11(17)8-12(14,15)16/h3-6,11H,1-2,7-8H2. The highest BCUT2D eigenvalue weighted by Crippen LogP contribution is 2.33. The zero-order valence-corrected chi connectivity index (χ0v) is 10.8. The highest BCUT2D eigenvalue weighted by molar-refractivity contribution is 9.10. The number of hydrogen-bond acceptors (Lipinski definition) is 1. The normalized spacial score (nSPS) is 20.9. The molecule has 1 fully saturated rings. The van der Waals surface area contributed by atoms with Crippen LogP contribution in [0.25, 0.3) is 0 Å². The van der Waals surface area contributed by atoms with Crippen molar-refractivity contribution in [2.24, 2.45) is 0 Å². The Labute approximate surface area is 107 Å². The van der Waals surface area contributed by atoms with Gasteiger partial charge in [-0.05, 0) is 37.1 Å². The molecule has 0 N–H and O–H groups in total. The monoisotopic (exact) mass is 307 g/mol. The predicted octanol–water partition coefficient (Wildman–Crippen LogP) is 4.37. The zero-order valence-electron chi connectivity index (χ0n) is 9.17. The maximum absolute atomic E-state index is 12.4. The fourth-order valence-corrected chi connectivity index (χ4v) is 2.55. The second-order valence-electron chi connectivity index (χ2n) is 4.29. The van der Waals surface area contributed by atoms with Crippen molar-refractivity contribution in [1.29, 1.82) is 0 Å². The lowest BCUT2D eigenvalue weighted by molar-refractivity contribution is -0.137. The summed E-state index contributed by atoms with van der Waals surface area (Å²) in [4.78, 5) is 1.86. The molecule has 0 amide bonds. The van der Waals surface area contributed by atoms with Crippen molar-refractivity contribution in [2.75, 3.05) is 11.4 Å². The van der Waals surface area contributed by atoms with Gasteiger partial charge in [0.2, 0.25) is 0 Å². The van der Waals surface area contributed by atoms with Crippen molar-refractivity contribution in [2.45, 2.75) is 31.5 Å². The Morgan fingerprint density at radius 2 is 1.88 bits per heavy atom. The number of alkyl halides is 3. The SMILES string of the molecule is FC(F)(F)CC1CCCN1c1ccc(Br)cc1. The topological polar surface area (TPSA) is 3.24 Å². The van der Waals surface area contributed by atoms with Crippen LogP contribution in [0.2, 0.25) is 0 Å². The van der Waals surface area contributed by atoms with E-state index in [2.05, 4.69) is 15.9 Å². The molecule has 0 aliphatic carbocycles. The number of rotatable bonds is 2. The van der Waals surface area contributed by atoms with Gasteiger partial charge in [-0.1, -0.05) is 15.9 Å². The van der Waals surface area contributed by atoms with Crippen LogP contribution in [0.5, 0.6) is 0 Å². The van der Waals surface area contributed by atoms with E-state index in [0.717, 1.165) is 16.6 Å². The molecule has 0 saturated carbocycles. The fraction of sp³-hybridized carbons (Fsp3) is 0.500. The van der Waals surface area contributed by atoms with Crippen LogP contribution in [0.15, 0.2) is 28.7 Å². The predicted molar refractivity (Wildman–Crippen MR) is 65.2 cm³/mol. The van der Waals surface area contributed by atoms with Gasteiger partial charge in [-0.3, -0.25) is 0 Å². The van der Waals surface area contributed by atoms with Crippen molar-refractivity contribution < 1.29 is 13.2 Å². The Morgan fingerprint density at radius 1 is 1.24 bits per heavy atom. The summed E-state index contributed by atoms with van der Waals surface area (Å²) in [6.45, 7) is 0.711. The molecule has 1 unspecified atom stereocenters. The van der Waals surface area contributed by atoms with Gasteiger partial charge in [-0.25, -0.2) is 0 Å². The Bertz CT molecular complexity index is 374. The van der Waals surface area contributed by atoms with E-state index >= 15 is 0 Å². The molecule has 0 radical (unpaired) electrons. The highest BCUT2D eigenvalue weighted by atomic mass is 79.9. The molecular weight excluding hydrogens is 295 g/mol. The number of anilines is 1. The van der Waals surface area contributed by atoms with Gasteiger partial charge >= 0.3 is 6.18 Å². The molecule has 0 spiro atoms. The van der Waals surface area contributed by atoms with Crippen LogP contribution in [-0.4, -0.2) is 18.8 Å². The summed E-state index contributed by atoms with van der Waals surface area (Å²) in [6.07, 6.45) is -3.35. The summed E-state index contributed by atoms with van der Waals surface area (Å²) >= 11 is 3.32. The number of nitrogens with zero attached hydrogens (tertiary/aromatic N) is 1. The number of hydrogen-bond donors (Lipinski definition) is 0. The third kappa shape index (κ3) is 3.37. The van der Waals surface area contributed by atoms with Crippen molar-refractivity contribution in [3.8, 4) is 0 Å². The lowest BCUT2D eigenvalue weighted by Crippen LogP contribution is -2.33. The molecule has 1 aliphatic rings. The van der Waals surface area contributed by atoms with Crippen molar-refractivity contribution >= 4 is 21.6 Å². The molecule has 1 nitrogen and oxygen atoms in total. The summed E-state index contributed by atoms with van der Waals surface area (Å²) in [5.41, 5.74) is 0.875. The molecule has 1 aliphatic heterocycles. The van der Waals surface area contributed by atoms with Gasteiger partial charge in [0, 0.05) is 22.7 Å². The average Bonchev–Trinajstić information content (AvgIpc) is 2.64. The first-order valence-electron chi connectivity index (χ1n) is 5.55. The molecule has 1 atom stereocenters. The van der Waals surface area contributed by atoms with E-state index in [9.17, 15) is 13.2 Å². The first-order chi connectivity index (χ1) is 7.96. The minimum Gasteiger partial charge on any atom is -0.368 e. The lowest BCUT2D eigenvalue weighted by Gasteiger charge is -2.27. The van der Waals surface area contributed by atoms with Crippen LogP contribution >= 0.6 is 15.9 Å². The van der Waals surface area contributed by atoms with Crippen molar-refractivity contribution in [3.63, 3.8) is 0 Å². The molecule has 1 heterocycles. The first kappa shape index (κ1) is 12.7.